The molecule has 0 atom stereocenters. The van der Waals surface area contributed by atoms with E-state index in [1.165, 1.54) is 18.2 Å². The Bertz CT molecular complexity index is 240. The van der Waals surface area contributed by atoms with E-state index in [1.807, 2.05) is 0 Å². The van der Waals surface area contributed by atoms with Crippen LogP contribution >= 0.6 is 0 Å². The fraction of sp³-hybridized carbons (Fsp3) is 0. The molecule has 4 heteroatoms. The third kappa shape index (κ3) is 2.22. The molecule has 0 aliphatic rings. The van der Waals surface area contributed by atoms with Crippen LogP contribution in [0.25, 0.3) is 0 Å². The second-order valence-electron chi connectivity index (χ2n) is 1.83. The van der Waals surface area contributed by atoms with Crippen LogP contribution in [0.1, 0.15) is 10.4 Å². The number of carbonyl (C=O) groups excluding carboxylic acids is 1. The van der Waals surface area contributed by atoms with Gasteiger partial charge in [0.1, 0.15) is 11.5 Å². The molecule has 0 fully saturated rings. The summed E-state index contributed by atoms with van der Waals surface area (Å²) in [6.45, 7) is 0. The van der Waals surface area contributed by atoms with Crippen LogP contribution in [0.3, 0.4) is 0 Å². The van der Waals surface area contributed by atoms with Crippen LogP contribution in [-0.4, -0.2) is 46.1 Å². The molecule has 0 heterocycles. The van der Waals surface area contributed by atoms with Crippen molar-refractivity contribution in [2.45, 2.75) is 0 Å². The predicted octanol–water partition coefficient (Wildman–Crippen LogP) is 0.529. The molecule has 2 N–H and O–H groups in total. The van der Waals surface area contributed by atoms with E-state index in [0.29, 0.717) is 6.29 Å². The molecule has 0 aliphatic heterocycles. The summed E-state index contributed by atoms with van der Waals surface area (Å²) in [7, 11) is 0. The monoisotopic (exact) mass is 161 g/mol. The first kappa shape index (κ1) is 10.5. The zero-order valence-electron chi connectivity index (χ0n) is 6.11. The van der Waals surface area contributed by atoms with Gasteiger partial charge in [-0.05, 0) is 12.1 Å². The number of phenolic OH excluding ortho intramolecular Hbond substituents is 2. The zero-order chi connectivity index (χ0) is 7.56. The fourth-order valence-electron chi connectivity index (χ4n) is 0.662. The number of carbonyl (C=O) groups is 1. The van der Waals surface area contributed by atoms with Gasteiger partial charge in [0, 0.05) is 29.6 Å². The van der Waals surface area contributed by atoms with Gasteiger partial charge in [0.2, 0.25) is 0 Å². The summed E-state index contributed by atoms with van der Waals surface area (Å²) in [5, 5.41) is 17.8. The van der Waals surface area contributed by atoms with Crippen LogP contribution in [0, 0.1) is 0 Å². The van der Waals surface area contributed by atoms with Crippen LogP contribution < -0.4 is 0 Å². The van der Waals surface area contributed by atoms with E-state index in [4.69, 9.17) is 10.2 Å². The standard InChI is InChI=1S/C7H6O3.Na/c8-4-5-6(9)2-1-3-7(5)10;/h1-4,9-10H;. The molecule has 53 valence electrons. The van der Waals surface area contributed by atoms with E-state index in [2.05, 4.69) is 0 Å². The molecule has 0 saturated carbocycles. The molecule has 11 heavy (non-hydrogen) atoms. The van der Waals surface area contributed by atoms with Gasteiger partial charge in [-0.15, -0.1) is 0 Å². The first-order valence-electron chi connectivity index (χ1n) is 2.72. The largest absolute Gasteiger partial charge is 0.507 e. The third-order valence-corrected chi connectivity index (χ3v) is 1.18. The second-order valence-corrected chi connectivity index (χ2v) is 1.83. The van der Waals surface area contributed by atoms with Crippen LogP contribution in [-0.2, 0) is 0 Å². The molecule has 1 aromatic rings. The maximum absolute atomic E-state index is 10.1. The van der Waals surface area contributed by atoms with E-state index in [1.54, 1.807) is 0 Å². The average molecular weight is 161 g/mol. The Morgan fingerprint density at radius 3 is 1.91 bits per heavy atom. The molecule has 0 unspecified atom stereocenters. The number of aromatic hydroxyl groups is 2. The molecule has 0 aliphatic carbocycles. The number of phenols is 2. The van der Waals surface area contributed by atoms with Gasteiger partial charge >= 0.3 is 0 Å². The summed E-state index contributed by atoms with van der Waals surface area (Å²) < 4.78 is 0. The van der Waals surface area contributed by atoms with Crippen molar-refractivity contribution in [3.8, 4) is 11.5 Å². The maximum Gasteiger partial charge on any atom is 0.157 e. The summed E-state index contributed by atoms with van der Waals surface area (Å²) in [5.41, 5.74) is -0.0671. The van der Waals surface area contributed by atoms with Gasteiger partial charge in [0.05, 0.1) is 5.56 Å². The van der Waals surface area contributed by atoms with Gasteiger partial charge in [0.25, 0.3) is 0 Å². The van der Waals surface area contributed by atoms with Crippen molar-refractivity contribution >= 4 is 35.8 Å². The first-order chi connectivity index (χ1) is 4.75. The average Bonchev–Trinajstić information content (AvgIpc) is 1.88. The Hall–Kier alpha value is -0.510. The van der Waals surface area contributed by atoms with Crippen molar-refractivity contribution in [1.82, 2.24) is 0 Å². The smallest absolute Gasteiger partial charge is 0.157 e. The van der Waals surface area contributed by atoms with Gasteiger partial charge in [-0.3, -0.25) is 4.79 Å². The molecule has 0 spiro atoms. The van der Waals surface area contributed by atoms with Crippen molar-refractivity contribution in [2.24, 2.45) is 0 Å². The summed E-state index contributed by atoms with van der Waals surface area (Å²) in [6.07, 6.45) is 0.407. The summed E-state index contributed by atoms with van der Waals surface area (Å²) in [5.74, 6) is -0.398. The fourth-order valence-corrected chi connectivity index (χ4v) is 0.662. The van der Waals surface area contributed by atoms with Crippen molar-refractivity contribution in [3.63, 3.8) is 0 Å². The Labute approximate surface area is 86.0 Å². The van der Waals surface area contributed by atoms with Crippen molar-refractivity contribution < 1.29 is 15.0 Å². The minimum atomic E-state index is -0.199. The van der Waals surface area contributed by atoms with Gasteiger partial charge in [-0.2, -0.15) is 0 Å². The van der Waals surface area contributed by atoms with E-state index in [-0.39, 0.29) is 46.6 Å². The van der Waals surface area contributed by atoms with Crippen LogP contribution in [0.5, 0.6) is 11.5 Å². The first-order valence-corrected chi connectivity index (χ1v) is 2.72. The zero-order valence-corrected chi connectivity index (χ0v) is 8.11. The van der Waals surface area contributed by atoms with Gasteiger partial charge in [-0.1, -0.05) is 6.07 Å². The van der Waals surface area contributed by atoms with E-state index < -0.39 is 0 Å². The molecule has 0 aromatic heterocycles. The molecule has 1 rings (SSSR count). The van der Waals surface area contributed by atoms with Crippen LogP contribution in [0.2, 0.25) is 0 Å². The molecule has 0 bridgehead atoms. The van der Waals surface area contributed by atoms with E-state index in [0.717, 1.165) is 0 Å². The number of rotatable bonds is 1. The Morgan fingerprint density at radius 1 is 1.18 bits per heavy atom. The molecule has 3 nitrogen and oxygen atoms in total. The van der Waals surface area contributed by atoms with Gasteiger partial charge in [0.15, 0.2) is 6.29 Å². The molecule has 1 aromatic carbocycles. The molecular formula is C7H6NaO3. The number of benzene rings is 1. The van der Waals surface area contributed by atoms with Gasteiger partial charge < -0.3 is 10.2 Å². The summed E-state index contributed by atoms with van der Waals surface area (Å²) >= 11 is 0. The van der Waals surface area contributed by atoms with Crippen LogP contribution in [0.15, 0.2) is 18.2 Å². The Kier molecular flexibility index (Phi) is 4.18. The quantitative estimate of drug-likeness (QED) is 0.466. The molecule has 0 saturated heterocycles. The minimum Gasteiger partial charge on any atom is -0.507 e. The molecule has 1 radical (unpaired) electrons. The predicted molar refractivity (Wildman–Crippen MR) is 40.9 cm³/mol. The van der Waals surface area contributed by atoms with Gasteiger partial charge in [-0.25, -0.2) is 0 Å². The molecule has 0 amide bonds. The minimum absolute atomic E-state index is 0. The maximum atomic E-state index is 10.1. The number of hydrogen-bond acceptors (Lipinski definition) is 3. The van der Waals surface area contributed by atoms with Crippen molar-refractivity contribution in [1.29, 1.82) is 0 Å². The third-order valence-electron chi connectivity index (χ3n) is 1.18. The topological polar surface area (TPSA) is 57.5 Å². The number of aldehydes is 1. The van der Waals surface area contributed by atoms with Crippen LogP contribution in [0.4, 0.5) is 0 Å². The van der Waals surface area contributed by atoms with E-state index >= 15 is 0 Å². The summed E-state index contributed by atoms with van der Waals surface area (Å²) in [6, 6.07) is 4.13. The Morgan fingerprint density at radius 2 is 1.64 bits per heavy atom. The Balaban J connectivity index is 0.000001000. The normalized spacial score (nSPS) is 8.36. The SMILES string of the molecule is O=Cc1c(O)cccc1O.[Na]. The molecular weight excluding hydrogens is 155 g/mol. The van der Waals surface area contributed by atoms with E-state index in [9.17, 15) is 4.79 Å². The second kappa shape index (κ2) is 4.38. The van der Waals surface area contributed by atoms with Crippen molar-refractivity contribution in [3.05, 3.63) is 23.8 Å². The van der Waals surface area contributed by atoms with Crippen molar-refractivity contribution in [2.75, 3.05) is 0 Å². The number of hydrogen-bond donors (Lipinski definition) is 2. The summed E-state index contributed by atoms with van der Waals surface area (Å²) in [4.78, 5) is 10.1.